The van der Waals surface area contributed by atoms with Crippen LogP contribution in [0, 0.1) is 12.7 Å². The van der Waals surface area contributed by atoms with Crippen LogP contribution in [0.25, 0.3) is 5.69 Å². The van der Waals surface area contributed by atoms with Gasteiger partial charge in [-0.3, -0.25) is 4.79 Å². The Morgan fingerprint density at radius 1 is 1.19 bits per heavy atom. The van der Waals surface area contributed by atoms with Crippen LogP contribution in [0.4, 0.5) is 17.6 Å². The van der Waals surface area contributed by atoms with E-state index in [2.05, 4.69) is 10.4 Å². The maximum Gasteiger partial charge on any atom is 0.419 e. The van der Waals surface area contributed by atoms with Crippen LogP contribution in [0.5, 0.6) is 0 Å². The highest BCUT2D eigenvalue weighted by atomic mass is 35.5. The van der Waals surface area contributed by atoms with E-state index in [-0.39, 0.29) is 11.1 Å². The number of benzene rings is 2. The standard InChI is InChI=1S/C22H20ClF4N3O/c1-3-4-20(14-5-10-19(24)18(11-14)22(25,26)27)29-21(31)17-12-28-30(13(17)2)16-8-6-15(23)7-9-16/h5-12,20H,3-4H2,1-2H3,(H,29,31). The normalized spacial score (nSPS) is 12.6. The third kappa shape index (κ3) is 5.07. The van der Waals surface area contributed by atoms with Gasteiger partial charge in [0.2, 0.25) is 0 Å². The Labute approximate surface area is 181 Å². The summed E-state index contributed by atoms with van der Waals surface area (Å²) >= 11 is 5.90. The minimum atomic E-state index is -4.82. The van der Waals surface area contributed by atoms with Gasteiger partial charge in [-0.05, 0) is 55.3 Å². The Bertz CT molecular complexity index is 1080. The van der Waals surface area contributed by atoms with E-state index in [1.807, 2.05) is 6.92 Å². The maximum absolute atomic E-state index is 13.7. The van der Waals surface area contributed by atoms with Gasteiger partial charge in [-0.25, -0.2) is 9.07 Å². The van der Waals surface area contributed by atoms with Crippen molar-refractivity contribution in [1.29, 1.82) is 0 Å². The number of halogens is 5. The van der Waals surface area contributed by atoms with Crippen molar-refractivity contribution < 1.29 is 22.4 Å². The van der Waals surface area contributed by atoms with Gasteiger partial charge in [0.05, 0.1) is 34.7 Å². The van der Waals surface area contributed by atoms with Gasteiger partial charge in [0.15, 0.2) is 0 Å². The quantitative estimate of drug-likeness (QED) is 0.447. The third-order valence-corrected chi connectivity index (χ3v) is 5.16. The fourth-order valence-electron chi connectivity index (χ4n) is 3.30. The van der Waals surface area contributed by atoms with E-state index in [0.717, 1.165) is 12.1 Å². The molecule has 0 fully saturated rings. The summed E-state index contributed by atoms with van der Waals surface area (Å²) < 4.78 is 54.5. The number of nitrogens with zero attached hydrogens (tertiary/aromatic N) is 2. The molecule has 1 heterocycles. The van der Waals surface area contributed by atoms with Crippen LogP contribution in [0.1, 0.15) is 53.0 Å². The van der Waals surface area contributed by atoms with E-state index in [4.69, 9.17) is 11.6 Å². The summed E-state index contributed by atoms with van der Waals surface area (Å²) in [5.74, 6) is -1.83. The Morgan fingerprint density at radius 3 is 2.48 bits per heavy atom. The predicted molar refractivity (Wildman–Crippen MR) is 110 cm³/mol. The van der Waals surface area contributed by atoms with E-state index < -0.39 is 29.5 Å². The Kier molecular flexibility index (Phi) is 6.69. The number of aromatic nitrogens is 2. The average molecular weight is 454 g/mol. The molecule has 1 aromatic heterocycles. The van der Waals surface area contributed by atoms with Crippen LogP contribution in [0.2, 0.25) is 5.02 Å². The lowest BCUT2D eigenvalue weighted by atomic mass is 9.99. The Hall–Kier alpha value is -2.87. The molecule has 4 nitrogen and oxygen atoms in total. The zero-order valence-electron chi connectivity index (χ0n) is 16.8. The molecule has 0 saturated heterocycles. The molecule has 0 aliphatic heterocycles. The van der Waals surface area contributed by atoms with Crippen molar-refractivity contribution in [2.75, 3.05) is 0 Å². The molecule has 0 aliphatic rings. The number of hydrogen-bond acceptors (Lipinski definition) is 2. The van der Waals surface area contributed by atoms with Crippen LogP contribution < -0.4 is 5.32 Å². The van der Waals surface area contributed by atoms with Crippen molar-refractivity contribution in [3.05, 3.63) is 81.9 Å². The molecule has 1 amide bonds. The van der Waals surface area contributed by atoms with E-state index in [1.165, 1.54) is 12.3 Å². The largest absolute Gasteiger partial charge is 0.419 e. The van der Waals surface area contributed by atoms with Gasteiger partial charge in [-0.1, -0.05) is 31.0 Å². The summed E-state index contributed by atoms with van der Waals surface area (Å²) in [6.45, 7) is 3.56. The lowest BCUT2D eigenvalue weighted by molar-refractivity contribution is -0.140. The molecule has 0 bridgehead atoms. The summed E-state index contributed by atoms with van der Waals surface area (Å²) in [4.78, 5) is 12.9. The highest BCUT2D eigenvalue weighted by Crippen LogP contribution is 2.34. The molecule has 0 radical (unpaired) electrons. The minimum absolute atomic E-state index is 0.187. The van der Waals surface area contributed by atoms with Crippen molar-refractivity contribution in [3.63, 3.8) is 0 Å². The zero-order valence-corrected chi connectivity index (χ0v) is 17.6. The van der Waals surface area contributed by atoms with Crippen molar-refractivity contribution in [1.82, 2.24) is 15.1 Å². The molecule has 3 aromatic rings. The highest BCUT2D eigenvalue weighted by molar-refractivity contribution is 6.30. The van der Waals surface area contributed by atoms with Crippen LogP contribution in [0.3, 0.4) is 0 Å². The fraction of sp³-hybridized carbons (Fsp3) is 0.273. The first-order valence-corrected chi connectivity index (χ1v) is 9.97. The van der Waals surface area contributed by atoms with Crippen LogP contribution >= 0.6 is 11.6 Å². The number of amides is 1. The molecule has 0 spiro atoms. The SMILES string of the molecule is CCCC(NC(=O)c1cnn(-c2ccc(Cl)cc2)c1C)c1ccc(F)c(C(F)(F)F)c1. The minimum Gasteiger partial charge on any atom is -0.345 e. The van der Waals surface area contributed by atoms with Gasteiger partial charge in [-0.2, -0.15) is 18.3 Å². The van der Waals surface area contributed by atoms with Crippen molar-refractivity contribution in [2.45, 2.75) is 38.9 Å². The lowest BCUT2D eigenvalue weighted by Crippen LogP contribution is -2.29. The van der Waals surface area contributed by atoms with Crippen LogP contribution in [-0.2, 0) is 6.18 Å². The second-order valence-electron chi connectivity index (χ2n) is 7.08. The predicted octanol–water partition coefficient (Wildman–Crippen LogP) is 6.26. The summed E-state index contributed by atoms with van der Waals surface area (Å²) in [7, 11) is 0. The van der Waals surface area contributed by atoms with Gasteiger partial charge in [0.1, 0.15) is 5.82 Å². The smallest absolute Gasteiger partial charge is 0.345 e. The molecule has 0 saturated carbocycles. The molecule has 2 aromatic carbocycles. The van der Waals surface area contributed by atoms with Crippen molar-refractivity contribution >= 4 is 17.5 Å². The van der Waals surface area contributed by atoms with E-state index in [9.17, 15) is 22.4 Å². The second-order valence-corrected chi connectivity index (χ2v) is 7.52. The highest BCUT2D eigenvalue weighted by Gasteiger charge is 2.35. The summed E-state index contributed by atoms with van der Waals surface area (Å²) in [5.41, 5.74) is 0.387. The molecule has 31 heavy (non-hydrogen) atoms. The summed E-state index contributed by atoms with van der Waals surface area (Å²) in [6.07, 6.45) is -2.43. The first-order valence-electron chi connectivity index (χ1n) is 9.60. The van der Waals surface area contributed by atoms with E-state index in [0.29, 0.717) is 29.2 Å². The molecular formula is C22H20ClF4N3O. The number of carbonyl (C=O) groups excluding carboxylic acids is 1. The van der Waals surface area contributed by atoms with Gasteiger partial charge in [0, 0.05) is 5.02 Å². The molecular weight excluding hydrogens is 434 g/mol. The molecule has 3 rings (SSSR count). The van der Waals surface area contributed by atoms with Crippen LogP contribution in [-0.4, -0.2) is 15.7 Å². The van der Waals surface area contributed by atoms with Gasteiger partial charge in [-0.15, -0.1) is 0 Å². The Balaban J connectivity index is 1.88. The third-order valence-electron chi connectivity index (χ3n) is 4.91. The Morgan fingerprint density at radius 2 is 1.87 bits per heavy atom. The van der Waals surface area contributed by atoms with Gasteiger partial charge >= 0.3 is 6.18 Å². The molecule has 164 valence electrons. The summed E-state index contributed by atoms with van der Waals surface area (Å²) in [5, 5.41) is 7.56. The van der Waals surface area contributed by atoms with Gasteiger partial charge < -0.3 is 5.32 Å². The molecule has 1 atom stereocenters. The topological polar surface area (TPSA) is 46.9 Å². The molecule has 9 heteroatoms. The molecule has 0 aliphatic carbocycles. The first kappa shape index (κ1) is 22.8. The zero-order chi connectivity index (χ0) is 22.8. The van der Waals surface area contributed by atoms with Crippen LogP contribution in [0.15, 0.2) is 48.7 Å². The number of alkyl halides is 3. The fourth-order valence-corrected chi connectivity index (χ4v) is 3.42. The number of carbonyl (C=O) groups is 1. The molecule has 1 N–H and O–H groups in total. The molecule has 1 unspecified atom stereocenters. The summed E-state index contributed by atoms with van der Waals surface area (Å²) in [6, 6.07) is 8.97. The maximum atomic E-state index is 13.7. The number of hydrogen-bond donors (Lipinski definition) is 1. The van der Waals surface area contributed by atoms with E-state index >= 15 is 0 Å². The van der Waals surface area contributed by atoms with Crippen molar-refractivity contribution in [2.24, 2.45) is 0 Å². The second kappa shape index (κ2) is 9.09. The first-order chi connectivity index (χ1) is 14.6. The average Bonchev–Trinajstić information content (AvgIpc) is 3.09. The van der Waals surface area contributed by atoms with E-state index in [1.54, 1.807) is 35.9 Å². The monoisotopic (exact) mass is 453 g/mol. The number of rotatable bonds is 6. The van der Waals surface area contributed by atoms with Crippen molar-refractivity contribution in [3.8, 4) is 5.69 Å². The van der Waals surface area contributed by atoms with Gasteiger partial charge in [0.25, 0.3) is 5.91 Å². The number of nitrogens with one attached hydrogen (secondary N) is 1. The lowest BCUT2D eigenvalue weighted by Gasteiger charge is -2.20.